The molecule has 1 aromatic heterocycles. The maximum atomic E-state index is 12.5. The van der Waals surface area contributed by atoms with Crippen LogP contribution in [0, 0.1) is 0 Å². The SMILES string of the molecule is CCCCNc1nc(NCc2cccc3c2OCO3)nc(Nc2ccc(C(=O)NCCOCCOCCN)cc2)n1. The molecule has 13 nitrogen and oxygen atoms in total. The average Bonchev–Trinajstić information content (AvgIpc) is 3.48. The van der Waals surface area contributed by atoms with Crippen LogP contribution in [-0.2, 0) is 16.0 Å². The molecular weight excluding hydrogens is 528 g/mol. The van der Waals surface area contributed by atoms with Crippen molar-refractivity contribution >= 4 is 29.4 Å². The third-order valence-electron chi connectivity index (χ3n) is 5.93. The van der Waals surface area contributed by atoms with E-state index in [1.807, 2.05) is 18.2 Å². The maximum Gasteiger partial charge on any atom is 0.251 e. The molecule has 0 aliphatic carbocycles. The molecule has 1 aliphatic heterocycles. The monoisotopic (exact) mass is 566 g/mol. The summed E-state index contributed by atoms with van der Waals surface area (Å²) in [6, 6.07) is 12.8. The Hall–Kier alpha value is -4.20. The number of amides is 1. The predicted molar refractivity (Wildman–Crippen MR) is 156 cm³/mol. The largest absolute Gasteiger partial charge is 0.454 e. The quantitative estimate of drug-likeness (QED) is 0.143. The summed E-state index contributed by atoms with van der Waals surface area (Å²) in [7, 11) is 0. The molecule has 2 aromatic carbocycles. The van der Waals surface area contributed by atoms with E-state index < -0.39 is 0 Å². The minimum atomic E-state index is -0.185. The third-order valence-corrected chi connectivity index (χ3v) is 5.93. The zero-order valence-corrected chi connectivity index (χ0v) is 23.3. The molecule has 4 rings (SSSR count). The number of nitrogens with one attached hydrogen (secondary N) is 4. The minimum Gasteiger partial charge on any atom is -0.454 e. The van der Waals surface area contributed by atoms with Crippen LogP contribution in [0.4, 0.5) is 23.5 Å². The second kappa shape index (κ2) is 16.2. The van der Waals surface area contributed by atoms with E-state index >= 15 is 0 Å². The van der Waals surface area contributed by atoms with Gasteiger partial charge in [0.05, 0.1) is 26.4 Å². The molecule has 0 unspecified atom stereocenters. The summed E-state index contributed by atoms with van der Waals surface area (Å²) in [5, 5.41) is 12.6. The molecule has 2 heterocycles. The Labute approximate surface area is 239 Å². The number of unbranched alkanes of at least 4 members (excludes halogenated alkanes) is 1. The fraction of sp³-hybridized carbons (Fsp3) is 0.429. The molecule has 220 valence electrons. The number of anilines is 4. The van der Waals surface area contributed by atoms with Crippen LogP contribution < -0.4 is 36.5 Å². The Morgan fingerprint density at radius 1 is 0.902 bits per heavy atom. The van der Waals surface area contributed by atoms with Gasteiger partial charge in [-0.05, 0) is 36.8 Å². The average molecular weight is 567 g/mol. The molecule has 0 radical (unpaired) electrons. The van der Waals surface area contributed by atoms with E-state index in [0.717, 1.165) is 42.1 Å². The summed E-state index contributed by atoms with van der Waals surface area (Å²) < 4.78 is 21.7. The number of fused-ring (bicyclic) bond motifs is 1. The minimum absolute atomic E-state index is 0.185. The van der Waals surface area contributed by atoms with E-state index in [1.165, 1.54) is 0 Å². The summed E-state index contributed by atoms with van der Waals surface area (Å²) in [6.07, 6.45) is 2.04. The van der Waals surface area contributed by atoms with Crippen molar-refractivity contribution in [1.82, 2.24) is 20.3 Å². The van der Waals surface area contributed by atoms with Crippen LogP contribution in [0.3, 0.4) is 0 Å². The van der Waals surface area contributed by atoms with Crippen LogP contribution >= 0.6 is 0 Å². The number of nitrogens with zero attached hydrogens (tertiary/aromatic N) is 3. The lowest BCUT2D eigenvalue weighted by molar-refractivity contribution is 0.0511. The van der Waals surface area contributed by atoms with Crippen LogP contribution in [0.15, 0.2) is 42.5 Å². The fourth-order valence-corrected chi connectivity index (χ4v) is 3.85. The molecule has 41 heavy (non-hydrogen) atoms. The van der Waals surface area contributed by atoms with Crippen molar-refractivity contribution < 1.29 is 23.7 Å². The van der Waals surface area contributed by atoms with Gasteiger partial charge in [-0.1, -0.05) is 25.5 Å². The van der Waals surface area contributed by atoms with Gasteiger partial charge in [0.2, 0.25) is 24.6 Å². The zero-order chi connectivity index (χ0) is 28.7. The maximum absolute atomic E-state index is 12.5. The van der Waals surface area contributed by atoms with Gasteiger partial charge in [0.25, 0.3) is 5.91 Å². The highest BCUT2D eigenvalue weighted by atomic mass is 16.7. The summed E-state index contributed by atoms with van der Waals surface area (Å²) in [4.78, 5) is 26.0. The summed E-state index contributed by atoms with van der Waals surface area (Å²) >= 11 is 0. The fourth-order valence-electron chi connectivity index (χ4n) is 3.85. The van der Waals surface area contributed by atoms with Crippen LogP contribution in [-0.4, -0.2) is 73.7 Å². The Morgan fingerprint density at radius 2 is 1.66 bits per heavy atom. The van der Waals surface area contributed by atoms with Crippen LogP contribution in [0.5, 0.6) is 11.5 Å². The van der Waals surface area contributed by atoms with E-state index in [1.54, 1.807) is 24.3 Å². The summed E-state index contributed by atoms with van der Waals surface area (Å²) in [5.74, 6) is 2.49. The highest BCUT2D eigenvalue weighted by molar-refractivity contribution is 5.94. The van der Waals surface area contributed by atoms with Gasteiger partial charge in [0, 0.05) is 43.0 Å². The van der Waals surface area contributed by atoms with Crippen LogP contribution in [0.2, 0.25) is 0 Å². The highest BCUT2D eigenvalue weighted by Gasteiger charge is 2.17. The van der Waals surface area contributed by atoms with Gasteiger partial charge in [-0.25, -0.2) is 0 Å². The van der Waals surface area contributed by atoms with Crippen LogP contribution in [0.1, 0.15) is 35.7 Å². The zero-order valence-electron chi connectivity index (χ0n) is 23.3. The number of carbonyl (C=O) groups excluding carboxylic acids is 1. The van der Waals surface area contributed by atoms with Gasteiger partial charge < -0.3 is 45.9 Å². The van der Waals surface area contributed by atoms with Crippen molar-refractivity contribution in [2.75, 3.05) is 68.8 Å². The molecule has 0 saturated carbocycles. The van der Waals surface area contributed by atoms with Crippen LogP contribution in [0.25, 0.3) is 0 Å². The Kier molecular flexibility index (Phi) is 11.7. The first-order valence-corrected chi connectivity index (χ1v) is 13.8. The number of hydrogen-bond acceptors (Lipinski definition) is 12. The molecule has 0 spiro atoms. The first-order valence-electron chi connectivity index (χ1n) is 13.8. The van der Waals surface area contributed by atoms with E-state index in [-0.39, 0.29) is 12.7 Å². The normalized spacial score (nSPS) is 11.8. The summed E-state index contributed by atoms with van der Waals surface area (Å²) in [6.45, 7) is 6.25. The van der Waals surface area contributed by atoms with E-state index in [4.69, 9.17) is 24.7 Å². The van der Waals surface area contributed by atoms with Crippen molar-refractivity contribution in [3.63, 3.8) is 0 Å². The second-order valence-electron chi connectivity index (χ2n) is 9.06. The van der Waals surface area contributed by atoms with Gasteiger partial charge in [-0.2, -0.15) is 15.0 Å². The molecule has 0 bridgehead atoms. The molecule has 0 atom stereocenters. The Bertz CT molecular complexity index is 1240. The van der Waals surface area contributed by atoms with Crippen molar-refractivity contribution in [1.29, 1.82) is 0 Å². The lowest BCUT2D eigenvalue weighted by Gasteiger charge is -2.12. The molecule has 6 N–H and O–H groups in total. The topological polar surface area (TPSA) is 167 Å². The van der Waals surface area contributed by atoms with Gasteiger partial charge in [-0.3, -0.25) is 4.79 Å². The number of nitrogens with two attached hydrogens (primary N) is 1. The van der Waals surface area contributed by atoms with E-state index in [0.29, 0.717) is 69.5 Å². The molecule has 0 fully saturated rings. The van der Waals surface area contributed by atoms with Gasteiger partial charge in [-0.15, -0.1) is 0 Å². The van der Waals surface area contributed by atoms with Crippen molar-refractivity contribution in [2.24, 2.45) is 5.73 Å². The number of aromatic nitrogens is 3. The molecular formula is C28H38N8O5. The predicted octanol–water partition coefficient (Wildman–Crippen LogP) is 2.89. The van der Waals surface area contributed by atoms with Crippen molar-refractivity contribution in [3.05, 3.63) is 53.6 Å². The van der Waals surface area contributed by atoms with E-state index in [2.05, 4.69) is 43.1 Å². The molecule has 0 saturated heterocycles. The number of ether oxygens (including phenoxy) is 4. The number of carbonyl (C=O) groups is 1. The standard InChI is InChI=1S/C28H38N8O5/c1-2-3-12-31-26-34-27(32-18-21-5-4-6-23-24(21)41-19-40-23)36-28(35-26)33-22-9-7-20(8-10-22)25(37)30-13-15-39-17-16-38-14-11-29/h4-10H,2-3,11-19,29H2,1H3,(H,30,37)(H3,31,32,33,34,35,36). The first kappa shape index (κ1) is 29.8. The summed E-state index contributed by atoms with van der Waals surface area (Å²) in [5.41, 5.74) is 7.56. The number of para-hydroxylation sites is 1. The number of benzene rings is 2. The molecule has 3 aromatic rings. The highest BCUT2D eigenvalue weighted by Crippen LogP contribution is 2.35. The van der Waals surface area contributed by atoms with Gasteiger partial charge in [0.1, 0.15) is 0 Å². The number of rotatable bonds is 18. The van der Waals surface area contributed by atoms with E-state index in [9.17, 15) is 4.79 Å². The van der Waals surface area contributed by atoms with Crippen molar-refractivity contribution in [2.45, 2.75) is 26.3 Å². The van der Waals surface area contributed by atoms with Gasteiger partial charge >= 0.3 is 0 Å². The molecule has 1 aliphatic rings. The lowest BCUT2D eigenvalue weighted by Crippen LogP contribution is -2.27. The first-order chi connectivity index (χ1) is 20.2. The molecule has 13 heteroatoms. The number of hydrogen-bond donors (Lipinski definition) is 5. The smallest absolute Gasteiger partial charge is 0.251 e. The Morgan fingerprint density at radius 3 is 2.44 bits per heavy atom. The Balaban J connectivity index is 1.33. The molecule has 1 amide bonds. The lowest BCUT2D eigenvalue weighted by atomic mass is 10.2. The van der Waals surface area contributed by atoms with Gasteiger partial charge in [0.15, 0.2) is 11.5 Å². The second-order valence-corrected chi connectivity index (χ2v) is 9.06. The van der Waals surface area contributed by atoms with Crippen molar-refractivity contribution in [3.8, 4) is 11.5 Å². The third kappa shape index (κ3) is 9.45.